The molecule has 0 saturated heterocycles. The van der Waals surface area contributed by atoms with E-state index in [0.29, 0.717) is 5.56 Å². The molecule has 0 spiro atoms. The van der Waals surface area contributed by atoms with E-state index in [0.717, 1.165) is 6.92 Å². The van der Waals surface area contributed by atoms with Gasteiger partial charge >= 0.3 is 5.97 Å². The molecule has 0 aromatic heterocycles. The number of alkyl halides is 2. The molecule has 0 bridgehead atoms. The average molecular weight is 455 g/mol. The first-order valence-corrected chi connectivity index (χ1v) is 9.34. The van der Waals surface area contributed by atoms with E-state index in [-0.39, 0.29) is 16.7 Å². The summed E-state index contributed by atoms with van der Waals surface area (Å²) >= 11 is 0. The van der Waals surface area contributed by atoms with E-state index in [1.54, 1.807) is 6.07 Å². The molecule has 33 heavy (non-hydrogen) atoms. The van der Waals surface area contributed by atoms with Crippen LogP contribution in [0.1, 0.15) is 38.8 Å². The lowest BCUT2D eigenvalue weighted by atomic mass is 9.92. The Hall–Kier alpha value is -4.25. The number of carboxylic acid groups (broad SMARTS) is 1. The van der Waals surface area contributed by atoms with Gasteiger partial charge in [-0.05, 0) is 55.2 Å². The fraction of sp³-hybridized carbons (Fsp3) is 0.174. The molecule has 2 rings (SSSR count). The van der Waals surface area contributed by atoms with Crippen LogP contribution < -0.4 is 16.5 Å². The normalized spacial score (nSPS) is 12.8. The SMILES string of the molecule is CC(N)(C(F)F)[C@H](NC(=O)c1ccccc1C#CC#Cc1ccc(C(=O)O)cc1)C(=O)NO. The van der Waals surface area contributed by atoms with E-state index in [2.05, 4.69) is 29.0 Å². The minimum absolute atomic E-state index is 0.0292. The molecule has 6 N–H and O–H groups in total. The molecule has 0 saturated carbocycles. The van der Waals surface area contributed by atoms with Gasteiger partial charge in [0.05, 0.1) is 11.1 Å². The average Bonchev–Trinajstić information content (AvgIpc) is 2.79. The molecule has 2 atom stereocenters. The summed E-state index contributed by atoms with van der Waals surface area (Å²) in [7, 11) is 0. The summed E-state index contributed by atoms with van der Waals surface area (Å²) in [6.07, 6.45) is -3.19. The van der Waals surface area contributed by atoms with Crippen LogP contribution in [-0.2, 0) is 4.79 Å². The van der Waals surface area contributed by atoms with Crippen molar-refractivity contribution < 1.29 is 33.5 Å². The molecule has 0 radical (unpaired) electrons. The van der Waals surface area contributed by atoms with Crippen molar-refractivity contribution in [2.45, 2.75) is 24.9 Å². The minimum atomic E-state index is -3.19. The van der Waals surface area contributed by atoms with Crippen molar-refractivity contribution in [1.82, 2.24) is 10.8 Å². The van der Waals surface area contributed by atoms with Crippen LogP contribution in [0.25, 0.3) is 0 Å². The fourth-order valence-electron chi connectivity index (χ4n) is 2.59. The first-order valence-electron chi connectivity index (χ1n) is 9.34. The number of carboxylic acids is 1. The highest BCUT2D eigenvalue weighted by Crippen LogP contribution is 2.18. The van der Waals surface area contributed by atoms with Crippen LogP contribution in [0.5, 0.6) is 0 Å². The van der Waals surface area contributed by atoms with Gasteiger partial charge in [0.25, 0.3) is 18.2 Å². The molecule has 10 heteroatoms. The maximum absolute atomic E-state index is 13.3. The zero-order valence-electron chi connectivity index (χ0n) is 17.2. The molecule has 0 aliphatic heterocycles. The third-order valence-electron chi connectivity index (χ3n) is 4.51. The van der Waals surface area contributed by atoms with Gasteiger partial charge < -0.3 is 16.2 Å². The topological polar surface area (TPSA) is 142 Å². The minimum Gasteiger partial charge on any atom is -0.478 e. The fourth-order valence-corrected chi connectivity index (χ4v) is 2.59. The smallest absolute Gasteiger partial charge is 0.335 e. The van der Waals surface area contributed by atoms with Gasteiger partial charge in [-0.1, -0.05) is 24.0 Å². The van der Waals surface area contributed by atoms with Crippen molar-refractivity contribution in [3.05, 3.63) is 70.8 Å². The van der Waals surface area contributed by atoms with Crippen molar-refractivity contribution in [3.63, 3.8) is 0 Å². The lowest BCUT2D eigenvalue weighted by Gasteiger charge is -2.32. The van der Waals surface area contributed by atoms with Gasteiger partial charge in [-0.25, -0.2) is 19.1 Å². The maximum Gasteiger partial charge on any atom is 0.335 e. The Balaban J connectivity index is 2.26. The van der Waals surface area contributed by atoms with Gasteiger partial charge in [0.15, 0.2) is 0 Å². The molecule has 2 aromatic carbocycles. The lowest BCUT2D eigenvalue weighted by Crippen LogP contribution is -2.66. The van der Waals surface area contributed by atoms with Gasteiger partial charge in [-0.3, -0.25) is 14.8 Å². The number of aromatic carboxylic acids is 1. The lowest BCUT2D eigenvalue weighted by molar-refractivity contribution is -0.134. The number of nitrogens with two attached hydrogens (primary N) is 1. The molecule has 170 valence electrons. The summed E-state index contributed by atoms with van der Waals surface area (Å²) in [4.78, 5) is 35.4. The standard InChI is InChI=1S/C23H19F2N3O5/c1-23(26,22(24)25)18(20(30)28-33)27-19(29)17-9-5-4-8-15(17)7-3-2-6-14-10-12-16(13-11-14)21(31)32/h4-5,8-13,18,22,33H,26H2,1H3,(H,27,29)(H,28,30)(H,31,32)/t18-,23?/m1/s1. The van der Waals surface area contributed by atoms with Gasteiger partial charge in [-0.2, -0.15) is 0 Å². The summed E-state index contributed by atoms with van der Waals surface area (Å²) in [6.45, 7) is 0.863. The second kappa shape index (κ2) is 10.9. The number of halogens is 2. The number of amides is 2. The third-order valence-corrected chi connectivity index (χ3v) is 4.51. The van der Waals surface area contributed by atoms with Crippen LogP contribution in [0.4, 0.5) is 8.78 Å². The molecule has 0 aliphatic rings. The highest BCUT2D eigenvalue weighted by molar-refractivity contribution is 5.99. The van der Waals surface area contributed by atoms with Crippen LogP contribution in [0.2, 0.25) is 0 Å². The predicted molar refractivity (Wildman–Crippen MR) is 113 cm³/mol. The molecular weight excluding hydrogens is 436 g/mol. The van der Waals surface area contributed by atoms with Crippen LogP contribution in [-0.4, -0.2) is 46.1 Å². The van der Waals surface area contributed by atoms with Crippen LogP contribution >= 0.6 is 0 Å². The Morgan fingerprint density at radius 3 is 2.21 bits per heavy atom. The number of benzene rings is 2. The molecule has 2 amide bonds. The number of carbonyl (C=O) groups is 3. The van der Waals surface area contributed by atoms with Crippen molar-refractivity contribution in [1.29, 1.82) is 0 Å². The maximum atomic E-state index is 13.3. The quantitative estimate of drug-likeness (QED) is 0.253. The van der Waals surface area contributed by atoms with E-state index in [1.807, 2.05) is 0 Å². The predicted octanol–water partition coefficient (Wildman–Crippen LogP) is 1.37. The highest BCUT2D eigenvalue weighted by Gasteiger charge is 2.44. The first kappa shape index (κ1) is 25.0. The summed E-state index contributed by atoms with van der Waals surface area (Å²) in [5.74, 6) is 7.21. The molecular formula is C23H19F2N3O5. The summed E-state index contributed by atoms with van der Waals surface area (Å²) in [5.41, 5.74) is 5.06. The van der Waals surface area contributed by atoms with E-state index in [9.17, 15) is 23.2 Å². The summed E-state index contributed by atoms with van der Waals surface area (Å²) < 4.78 is 26.6. The number of nitrogens with one attached hydrogen (secondary N) is 2. The Kier molecular flexibility index (Phi) is 8.24. The number of hydroxylamine groups is 1. The van der Waals surface area contributed by atoms with Gasteiger partial charge in [0, 0.05) is 11.1 Å². The van der Waals surface area contributed by atoms with Gasteiger partial charge in [-0.15, -0.1) is 0 Å². The molecule has 0 aliphatic carbocycles. The second-order valence-corrected chi connectivity index (χ2v) is 6.98. The third kappa shape index (κ3) is 6.37. The second-order valence-electron chi connectivity index (χ2n) is 6.98. The summed E-state index contributed by atoms with van der Waals surface area (Å²) in [5, 5.41) is 19.8. The Bertz CT molecular complexity index is 1170. The number of carbonyl (C=O) groups excluding carboxylic acids is 2. The first-order chi connectivity index (χ1) is 15.6. The van der Waals surface area contributed by atoms with Crippen molar-refractivity contribution in [2.75, 3.05) is 0 Å². The molecule has 0 fully saturated rings. The number of rotatable bonds is 6. The van der Waals surface area contributed by atoms with E-state index >= 15 is 0 Å². The van der Waals surface area contributed by atoms with E-state index in [1.165, 1.54) is 47.9 Å². The molecule has 8 nitrogen and oxygen atoms in total. The van der Waals surface area contributed by atoms with Crippen LogP contribution in [0, 0.1) is 23.7 Å². The van der Waals surface area contributed by atoms with Crippen LogP contribution in [0.3, 0.4) is 0 Å². The van der Waals surface area contributed by atoms with Crippen molar-refractivity contribution >= 4 is 17.8 Å². The Morgan fingerprint density at radius 2 is 1.64 bits per heavy atom. The monoisotopic (exact) mass is 455 g/mol. The number of hydrogen-bond acceptors (Lipinski definition) is 5. The largest absolute Gasteiger partial charge is 0.478 e. The molecule has 0 heterocycles. The van der Waals surface area contributed by atoms with Crippen molar-refractivity contribution in [2.24, 2.45) is 5.73 Å². The Morgan fingerprint density at radius 1 is 1.03 bits per heavy atom. The van der Waals surface area contributed by atoms with Gasteiger partial charge in [0.1, 0.15) is 11.6 Å². The molecule has 2 aromatic rings. The zero-order chi connectivity index (χ0) is 24.6. The number of hydrogen-bond donors (Lipinski definition) is 5. The highest BCUT2D eigenvalue weighted by atomic mass is 19.3. The zero-order valence-corrected chi connectivity index (χ0v) is 17.2. The van der Waals surface area contributed by atoms with Crippen LogP contribution in [0.15, 0.2) is 48.5 Å². The van der Waals surface area contributed by atoms with Gasteiger partial charge in [0.2, 0.25) is 0 Å². The molecule has 1 unspecified atom stereocenters. The van der Waals surface area contributed by atoms with Crippen molar-refractivity contribution in [3.8, 4) is 23.7 Å². The summed E-state index contributed by atoms with van der Waals surface area (Å²) in [6, 6.07) is 9.81. The van der Waals surface area contributed by atoms with E-state index in [4.69, 9.17) is 16.0 Å². The van der Waals surface area contributed by atoms with E-state index < -0.39 is 35.8 Å². The Labute approximate surface area is 187 Å².